The lowest BCUT2D eigenvalue weighted by atomic mass is 9.91. The van der Waals surface area contributed by atoms with Crippen LogP contribution in [0.15, 0.2) is 47.7 Å². The Kier molecular flexibility index (Phi) is 3.43. The van der Waals surface area contributed by atoms with Crippen molar-refractivity contribution in [3.8, 4) is 5.75 Å². The highest BCUT2D eigenvalue weighted by atomic mass is 16.3. The van der Waals surface area contributed by atoms with Gasteiger partial charge in [0.15, 0.2) is 0 Å². The Labute approximate surface area is 139 Å². The minimum absolute atomic E-state index is 0.0648. The number of nitrogens with zero attached hydrogens (tertiary/aromatic N) is 1. The largest absolute Gasteiger partial charge is 0.508 e. The van der Waals surface area contributed by atoms with Crippen molar-refractivity contribution in [1.82, 2.24) is 4.98 Å². The van der Waals surface area contributed by atoms with E-state index in [4.69, 9.17) is 0 Å². The molecule has 0 amide bonds. The first-order chi connectivity index (χ1) is 11.6. The molecule has 1 unspecified atom stereocenters. The molecule has 0 fully saturated rings. The Morgan fingerprint density at radius 1 is 1.29 bits per heavy atom. The number of aromatic amines is 1. The van der Waals surface area contributed by atoms with Crippen molar-refractivity contribution in [2.24, 2.45) is 4.99 Å². The second-order valence-electron chi connectivity index (χ2n) is 6.15. The molecule has 2 aromatic rings. The summed E-state index contributed by atoms with van der Waals surface area (Å²) < 4.78 is 0. The second kappa shape index (κ2) is 5.62. The molecule has 0 saturated carbocycles. The summed E-state index contributed by atoms with van der Waals surface area (Å²) in [6.07, 6.45) is 8.26. The number of hydrogen-bond donors (Lipinski definition) is 3. The van der Waals surface area contributed by atoms with E-state index in [1.807, 2.05) is 18.3 Å². The third-order valence-electron chi connectivity index (χ3n) is 4.57. The van der Waals surface area contributed by atoms with Crippen LogP contribution in [0.4, 0.5) is 0 Å². The molecule has 5 heteroatoms. The summed E-state index contributed by atoms with van der Waals surface area (Å²) in [6, 6.07) is 6.82. The molecular formula is C19H18N3O2+. The quantitative estimate of drug-likeness (QED) is 0.784. The van der Waals surface area contributed by atoms with Gasteiger partial charge in [-0.25, -0.2) is 0 Å². The average molecular weight is 320 g/mol. The molecule has 1 aliphatic heterocycles. The fourth-order valence-electron chi connectivity index (χ4n) is 3.23. The van der Waals surface area contributed by atoms with E-state index in [1.54, 1.807) is 30.5 Å². The predicted octanol–water partition coefficient (Wildman–Crippen LogP) is 1.44. The highest BCUT2D eigenvalue weighted by Gasteiger charge is 2.35. The number of hydrogen-bond acceptors (Lipinski definition) is 3. The molecule has 1 atom stereocenters. The number of ketones is 1. The molecule has 0 spiro atoms. The van der Waals surface area contributed by atoms with E-state index in [0.717, 1.165) is 29.8 Å². The lowest BCUT2D eigenvalue weighted by Crippen LogP contribution is -3.07. The third kappa shape index (κ3) is 2.39. The maximum Gasteiger partial charge on any atom is 0.228 e. The predicted molar refractivity (Wildman–Crippen MR) is 93.1 cm³/mol. The minimum Gasteiger partial charge on any atom is -0.508 e. The average Bonchev–Trinajstić information content (AvgIpc) is 3.01. The zero-order valence-electron chi connectivity index (χ0n) is 13.3. The number of phenolic OH excluding ortho intramolecular Hbond substituents is 1. The van der Waals surface area contributed by atoms with Gasteiger partial charge in [-0.2, -0.15) is 0 Å². The lowest BCUT2D eigenvalue weighted by molar-refractivity contribution is -0.804. The molecule has 2 heterocycles. The van der Waals surface area contributed by atoms with Crippen LogP contribution in [0.25, 0.3) is 11.8 Å². The molecular weight excluding hydrogens is 302 g/mol. The molecule has 1 aromatic heterocycles. The van der Waals surface area contributed by atoms with Gasteiger partial charge in [-0.05, 0) is 29.3 Å². The zero-order valence-corrected chi connectivity index (χ0v) is 13.3. The first-order valence-electron chi connectivity index (χ1n) is 7.96. The van der Waals surface area contributed by atoms with Gasteiger partial charge in [-0.3, -0.25) is 9.79 Å². The van der Waals surface area contributed by atoms with Crippen LogP contribution in [0.2, 0.25) is 0 Å². The van der Waals surface area contributed by atoms with E-state index in [0.29, 0.717) is 11.4 Å². The number of H-pyrrole nitrogens is 1. The van der Waals surface area contributed by atoms with Crippen LogP contribution in [-0.4, -0.2) is 35.2 Å². The van der Waals surface area contributed by atoms with Crippen LogP contribution in [0, 0.1) is 0 Å². The van der Waals surface area contributed by atoms with Gasteiger partial charge in [0.2, 0.25) is 5.78 Å². The van der Waals surface area contributed by atoms with Crippen molar-refractivity contribution in [3.05, 3.63) is 65.1 Å². The van der Waals surface area contributed by atoms with E-state index in [1.165, 1.54) is 10.5 Å². The molecule has 0 bridgehead atoms. The maximum absolute atomic E-state index is 12.6. The van der Waals surface area contributed by atoms with E-state index < -0.39 is 0 Å². The number of quaternary nitrogens is 1. The standard InChI is InChI=1S/C19H17N3O2/c1-22-9-7-13-11-21-18-17(13)16(22)10-15(19(18)24)20-8-6-12-2-4-14(23)5-3-12/h2-6,8,10-11,21,23H,7,9H2,1H3/p+1. The van der Waals surface area contributed by atoms with Crippen molar-refractivity contribution < 1.29 is 14.8 Å². The molecule has 1 aromatic carbocycles. The number of nitrogens with one attached hydrogen (secondary N) is 2. The van der Waals surface area contributed by atoms with Crippen LogP contribution in [0.3, 0.4) is 0 Å². The number of aromatic nitrogens is 1. The van der Waals surface area contributed by atoms with Gasteiger partial charge in [0.25, 0.3) is 0 Å². The number of allylic oxidation sites excluding steroid dienone is 1. The molecule has 0 radical (unpaired) electrons. The number of aliphatic imine (C=N–C) groups is 1. The van der Waals surface area contributed by atoms with Crippen LogP contribution in [0.1, 0.15) is 27.2 Å². The van der Waals surface area contributed by atoms with E-state index >= 15 is 0 Å². The van der Waals surface area contributed by atoms with Gasteiger partial charge in [0, 0.05) is 24.9 Å². The Morgan fingerprint density at radius 3 is 2.88 bits per heavy atom. The van der Waals surface area contributed by atoms with E-state index in [9.17, 15) is 9.90 Å². The fraction of sp³-hybridized carbons (Fsp3) is 0.158. The van der Waals surface area contributed by atoms with E-state index in [-0.39, 0.29) is 11.5 Å². The number of carbonyl (C=O) groups excluding carboxylic acids is 1. The number of phenols is 1. The Bertz CT molecular complexity index is 901. The number of aromatic hydroxyl groups is 1. The summed E-state index contributed by atoms with van der Waals surface area (Å²) >= 11 is 0. The Hall–Kier alpha value is -2.92. The highest BCUT2D eigenvalue weighted by molar-refractivity contribution is 6.52. The van der Waals surface area contributed by atoms with Gasteiger partial charge in [0.1, 0.15) is 22.9 Å². The zero-order chi connectivity index (χ0) is 16.7. The monoisotopic (exact) mass is 320 g/mol. The Morgan fingerprint density at radius 2 is 2.08 bits per heavy atom. The summed E-state index contributed by atoms with van der Waals surface area (Å²) in [5.74, 6) is 0.161. The van der Waals surface area contributed by atoms with Crippen LogP contribution in [0.5, 0.6) is 5.75 Å². The molecule has 4 rings (SSSR count). The lowest BCUT2D eigenvalue weighted by Gasteiger charge is -2.25. The topological polar surface area (TPSA) is 69.9 Å². The van der Waals surface area contributed by atoms with Crippen molar-refractivity contribution >= 4 is 23.3 Å². The van der Waals surface area contributed by atoms with Gasteiger partial charge < -0.3 is 15.0 Å². The first kappa shape index (κ1) is 14.7. The number of likely N-dealkylation sites (N-methyl/N-ethyl adjacent to an activating group) is 1. The molecule has 3 N–H and O–H groups in total. The fourth-order valence-corrected chi connectivity index (χ4v) is 3.23. The molecule has 24 heavy (non-hydrogen) atoms. The molecule has 1 aliphatic carbocycles. The van der Waals surface area contributed by atoms with Gasteiger partial charge in [-0.15, -0.1) is 0 Å². The number of benzene rings is 1. The van der Waals surface area contributed by atoms with Crippen molar-refractivity contribution in [2.75, 3.05) is 13.6 Å². The SMILES string of the molecule is C[NH+]1CCc2c[nH]c3c2C1=CC(=NC=Cc1ccc(O)cc1)C3=O. The summed E-state index contributed by atoms with van der Waals surface area (Å²) in [7, 11) is 2.12. The Balaban J connectivity index is 1.68. The smallest absolute Gasteiger partial charge is 0.228 e. The first-order valence-corrected chi connectivity index (χ1v) is 7.96. The summed E-state index contributed by atoms with van der Waals surface area (Å²) in [5.41, 5.74) is 5.42. The number of carbonyl (C=O) groups is 1. The summed E-state index contributed by atoms with van der Waals surface area (Å²) in [6.45, 7) is 1.01. The summed E-state index contributed by atoms with van der Waals surface area (Å²) in [5, 5.41) is 9.29. The van der Waals surface area contributed by atoms with Crippen molar-refractivity contribution in [2.45, 2.75) is 6.42 Å². The van der Waals surface area contributed by atoms with E-state index in [2.05, 4.69) is 17.0 Å². The van der Waals surface area contributed by atoms with Crippen LogP contribution >= 0.6 is 0 Å². The van der Waals surface area contributed by atoms with Crippen LogP contribution in [-0.2, 0) is 6.42 Å². The van der Waals surface area contributed by atoms with Gasteiger partial charge >= 0.3 is 0 Å². The van der Waals surface area contributed by atoms with Gasteiger partial charge in [-0.1, -0.05) is 12.1 Å². The van der Waals surface area contributed by atoms with Crippen molar-refractivity contribution in [1.29, 1.82) is 0 Å². The minimum atomic E-state index is -0.0648. The molecule has 2 aliphatic rings. The van der Waals surface area contributed by atoms with Crippen molar-refractivity contribution in [3.63, 3.8) is 0 Å². The third-order valence-corrected chi connectivity index (χ3v) is 4.57. The van der Waals surface area contributed by atoms with Crippen LogP contribution < -0.4 is 4.90 Å². The molecule has 120 valence electrons. The van der Waals surface area contributed by atoms with Gasteiger partial charge in [0.05, 0.1) is 19.2 Å². The second-order valence-corrected chi connectivity index (χ2v) is 6.15. The number of rotatable bonds is 2. The maximum atomic E-state index is 12.6. The highest BCUT2D eigenvalue weighted by Crippen LogP contribution is 2.27. The number of Topliss-reactive ketones (excluding diaryl/α,β-unsaturated/α-hetero) is 1. The molecule has 0 saturated heterocycles. The summed E-state index contributed by atoms with van der Waals surface area (Å²) in [4.78, 5) is 21.4. The normalized spacial score (nSPS) is 21.2. The molecule has 5 nitrogen and oxygen atoms in total.